The predicted octanol–water partition coefficient (Wildman–Crippen LogP) is 0.627. The maximum Gasteiger partial charge on any atom is 0.249 e. The minimum absolute atomic E-state index is 0.00286. The molecule has 0 bridgehead atoms. The second-order valence-electron chi connectivity index (χ2n) is 5.62. The molecule has 3 rings (SSSR count). The smallest absolute Gasteiger partial charge is 0.249 e. The zero-order valence-electron chi connectivity index (χ0n) is 12.8. The third-order valence-electron chi connectivity index (χ3n) is 3.60. The number of amides is 1. The molecule has 8 nitrogen and oxygen atoms in total. The normalized spacial score (nSPS) is 17.1. The first-order valence-electron chi connectivity index (χ1n) is 7.11. The van der Waals surface area contributed by atoms with Gasteiger partial charge in [0.25, 0.3) is 0 Å². The molecule has 0 saturated carbocycles. The van der Waals surface area contributed by atoms with Crippen LogP contribution in [0.3, 0.4) is 0 Å². The average molecular weight is 335 g/mol. The molecule has 0 fully saturated rings. The number of fused-ring (bicyclic) bond motifs is 1. The molecule has 0 saturated heterocycles. The lowest BCUT2D eigenvalue weighted by Gasteiger charge is -2.22. The highest BCUT2D eigenvalue weighted by atomic mass is 32.2. The predicted molar refractivity (Wildman–Crippen MR) is 85.6 cm³/mol. The fraction of sp³-hybridized carbons (Fsp3) is 0.357. The molecule has 1 unspecified atom stereocenters. The molecule has 2 aromatic rings. The van der Waals surface area contributed by atoms with Crippen molar-refractivity contribution >= 4 is 27.4 Å². The van der Waals surface area contributed by atoms with Crippen molar-refractivity contribution in [3.63, 3.8) is 0 Å². The molecule has 0 spiro atoms. The summed E-state index contributed by atoms with van der Waals surface area (Å²) in [4.78, 5) is 14.3. The molecule has 0 aliphatic carbocycles. The van der Waals surface area contributed by atoms with Crippen molar-refractivity contribution in [2.24, 2.45) is 0 Å². The number of benzene rings is 1. The van der Waals surface area contributed by atoms with Crippen LogP contribution in [0.1, 0.15) is 12.5 Å². The molecule has 1 aliphatic rings. The van der Waals surface area contributed by atoms with Gasteiger partial charge in [-0.25, -0.2) is 13.1 Å². The summed E-state index contributed by atoms with van der Waals surface area (Å²) in [5.41, 5.74) is 2.06. The van der Waals surface area contributed by atoms with Crippen LogP contribution in [-0.4, -0.2) is 41.6 Å². The highest BCUT2D eigenvalue weighted by molar-refractivity contribution is 7.92. The first kappa shape index (κ1) is 15.5. The molecule has 23 heavy (non-hydrogen) atoms. The Bertz CT molecular complexity index is 846. The van der Waals surface area contributed by atoms with Gasteiger partial charge in [0.15, 0.2) is 5.82 Å². The fourth-order valence-electron chi connectivity index (χ4n) is 2.77. The summed E-state index contributed by atoms with van der Waals surface area (Å²) >= 11 is 0. The number of hydrogen-bond acceptors (Lipinski definition) is 5. The van der Waals surface area contributed by atoms with Crippen LogP contribution in [0.15, 0.2) is 30.5 Å². The van der Waals surface area contributed by atoms with Crippen LogP contribution in [0.4, 0.5) is 11.5 Å². The largest absolute Gasteiger partial charge is 0.307 e. The van der Waals surface area contributed by atoms with E-state index >= 15 is 0 Å². The SMILES string of the molecule is CC1Cc2ccccc2N1C(=O)Cn1cc(NS(C)(=O)=O)nn1. The lowest BCUT2D eigenvalue weighted by molar-refractivity contribution is -0.119. The van der Waals surface area contributed by atoms with Gasteiger partial charge in [0.1, 0.15) is 6.54 Å². The van der Waals surface area contributed by atoms with Crippen molar-refractivity contribution in [2.45, 2.75) is 25.9 Å². The lowest BCUT2D eigenvalue weighted by atomic mass is 10.1. The van der Waals surface area contributed by atoms with Gasteiger partial charge in [0.2, 0.25) is 15.9 Å². The first-order chi connectivity index (χ1) is 10.8. The van der Waals surface area contributed by atoms with E-state index in [9.17, 15) is 13.2 Å². The molecule has 9 heteroatoms. The van der Waals surface area contributed by atoms with Gasteiger partial charge in [-0.3, -0.25) is 9.52 Å². The van der Waals surface area contributed by atoms with Crippen molar-refractivity contribution in [2.75, 3.05) is 15.9 Å². The number of carbonyl (C=O) groups excluding carboxylic acids is 1. The molecule has 2 heterocycles. The lowest BCUT2D eigenvalue weighted by Crippen LogP contribution is -2.38. The Morgan fingerprint density at radius 2 is 2.13 bits per heavy atom. The van der Waals surface area contributed by atoms with E-state index in [1.807, 2.05) is 31.2 Å². The molecular formula is C14H17N5O3S. The Kier molecular flexibility index (Phi) is 3.80. The zero-order valence-corrected chi connectivity index (χ0v) is 13.6. The highest BCUT2D eigenvalue weighted by Gasteiger charge is 2.30. The number of rotatable bonds is 4. The molecule has 1 aromatic carbocycles. The van der Waals surface area contributed by atoms with Crippen LogP contribution in [-0.2, 0) is 27.8 Å². The first-order valence-corrected chi connectivity index (χ1v) is 9.00. The van der Waals surface area contributed by atoms with Crippen molar-refractivity contribution in [1.82, 2.24) is 15.0 Å². The Morgan fingerprint density at radius 3 is 2.87 bits per heavy atom. The van der Waals surface area contributed by atoms with E-state index in [1.54, 1.807) is 4.90 Å². The Labute approximate surface area is 134 Å². The number of anilines is 2. The van der Waals surface area contributed by atoms with Gasteiger partial charge >= 0.3 is 0 Å². The van der Waals surface area contributed by atoms with Crippen molar-refractivity contribution in [1.29, 1.82) is 0 Å². The van der Waals surface area contributed by atoms with Gasteiger partial charge in [-0.2, -0.15) is 0 Å². The van der Waals surface area contributed by atoms with E-state index < -0.39 is 10.0 Å². The molecule has 1 atom stereocenters. The monoisotopic (exact) mass is 335 g/mol. The van der Waals surface area contributed by atoms with E-state index in [1.165, 1.54) is 10.9 Å². The number of aromatic nitrogens is 3. The summed E-state index contributed by atoms with van der Waals surface area (Å²) in [6, 6.07) is 7.88. The van der Waals surface area contributed by atoms with Crippen molar-refractivity contribution in [3.05, 3.63) is 36.0 Å². The maximum absolute atomic E-state index is 12.6. The second kappa shape index (κ2) is 5.65. The number of nitrogens with one attached hydrogen (secondary N) is 1. The quantitative estimate of drug-likeness (QED) is 0.884. The maximum atomic E-state index is 12.6. The van der Waals surface area contributed by atoms with Crippen LogP contribution in [0.25, 0.3) is 0 Å². The minimum atomic E-state index is -3.42. The van der Waals surface area contributed by atoms with Crippen LogP contribution in [0.2, 0.25) is 0 Å². The van der Waals surface area contributed by atoms with Gasteiger partial charge in [0, 0.05) is 11.7 Å². The summed E-state index contributed by atoms with van der Waals surface area (Å²) < 4.78 is 25.9. The third kappa shape index (κ3) is 3.34. The van der Waals surface area contributed by atoms with Gasteiger partial charge in [-0.15, -0.1) is 5.10 Å². The van der Waals surface area contributed by atoms with Crippen LogP contribution < -0.4 is 9.62 Å². The Hall–Kier alpha value is -2.42. The van der Waals surface area contributed by atoms with E-state index in [4.69, 9.17) is 0 Å². The topological polar surface area (TPSA) is 97.2 Å². The Balaban J connectivity index is 1.75. The summed E-state index contributed by atoms with van der Waals surface area (Å²) in [5, 5.41) is 7.48. The number of para-hydroxylation sites is 1. The van der Waals surface area contributed by atoms with Gasteiger partial charge in [0.05, 0.1) is 12.5 Å². The number of nitrogens with zero attached hydrogens (tertiary/aromatic N) is 4. The number of hydrogen-bond donors (Lipinski definition) is 1. The van der Waals surface area contributed by atoms with E-state index in [2.05, 4.69) is 15.0 Å². The molecule has 1 N–H and O–H groups in total. The summed E-state index contributed by atoms with van der Waals surface area (Å²) in [5.74, 6) is -0.0200. The molecule has 1 aromatic heterocycles. The summed E-state index contributed by atoms with van der Waals surface area (Å²) in [6.45, 7) is 1.99. The molecular weight excluding hydrogens is 318 g/mol. The van der Waals surface area contributed by atoms with Crippen molar-refractivity contribution < 1.29 is 13.2 Å². The van der Waals surface area contributed by atoms with E-state index in [0.29, 0.717) is 0 Å². The van der Waals surface area contributed by atoms with Crippen LogP contribution in [0, 0.1) is 0 Å². The molecule has 1 amide bonds. The number of carbonyl (C=O) groups is 1. The van der Waals surface area contributed by atoms with Crippen LogP contribution in [0.5, 0.6) is 0 Å². The summed E-state index contributed by atoms with van der Waals surface area (Å²) in [6.07, 6.45) is 3.24. The molecule has 0 radical (unpaired) electrons. The summed E-state index contributed by atoms with van der Waals surface area (Å²) in [7, 11) is -3.42. The van der Waals surface area contributed by atoms with Gasteiger partial charge in [-0.1, -0.05) is 23.4 Å². The van der Waals surface area contributed by atoms with E-state index in [0.717, 1.165) is 23.9 Å². The zero-order chi connectivity index (χ0) is 16.6. The standard InChI is InChI=1S/C14H17N5O3S/c1-10-7-11-5-3-4-6-12(11)19(10)14(20)9-18-8-13(15-17-18)16-23(2,21)22/h3-6,8,10,16H,7,9H2,1-2H3. The third-order valence-corrected chi connectivity index (χ3v) is 4.18. The van der Waals surface area contributed by atoms with Crippen LogP contribution >= 0.6 is 0 Å². The Morgan fingerprint density at radius 1 is 1.39 bits per heavy atom. The van der Waals surface area contributed by atoms with Gasteiger partial charge < -0.3 is 4.90 Å². The minimum Gasteiger partial charge on any atom is -0.307 e. The second-order valence-corrected chi connectivity index (χ2v) is 7.37. The van der Waals surface area contributed by atoms with Gasteiger partial charge in [-0.05, 0) is 25.0 Å². The van der Waals surface area contributed by atoms with Crippen molar-refractivity contribution in [3.8, 4) is 0 Å². The fourth-order valence-corrected chi connectivity index (χ4v) is 3.25. The highest BCUT2D eigenvalue weighted by Crippen LogP contribution is 2.31. The molecule has 122 valence electrons. The molecule has 1 aliphatic heterocycles. The van der Waals surface area contributed by atoms with E-state index in [-0.39, 0.29) is 24.3 Å². The number of sulfonamides is 1. The average Bonchev–Trinajstić information content (AvgIpc) is 2.99.